The molecule has 1 aliphatic carbocycles. The van der Waals surface area contributed by atoms with Crippen LogP contribution >= 0.6 is 0 Å². The lowest BCUT2D eigenvalue weighted by Crippen LogP contribution is -2.52. The minimum Gasteiger partial charge on any atom is -0.378 e. The van der Waals surface area contributed by atoms with Gasteiger partial charge < -0.3 is 15.0 Å². The quantitative estimate of drug-likeness (QED) is 0.690. The van der Waals surface area contributed by atoms with Gasteiger partial charge in [0.25, 0.3) is 0 Å². The van der Waals surface area contributed by atoms with Crippen molar-refractivity contribution in [2.75, 3.05) is 45.9 Å². The maximum absolute atomic E-state index is 12.0. The van der Waals surface area contributed by atoms with Crippen molar-refractivity contribution < 1.29 is 9.53 Å². The highest BCUT2D eigenvalue weighted by Crippen LogP contribution is 2.28. The van der Waals surface area contributed by atoms with Crippen molar-refractivity contribution in [1.82, 2.24) is 15.1 Å². The maximum atomic E-state index is 12.0. The van der Waals surface area contributed by atoms with Crippen molar-refractivity contribution >= 4 is 5.91 Å². The number of unbranched alkanes of at least 4 members (excludes halogenated alkanes) is 1. The zero-order chi connectivity index (χ0) is 20.8. The Bertz CT molecular complexity index is 385. The molecule has 0 bridgehead atoms. The molecule has 2 aliphatic heterocycles. The Morgan fingerprint density at radius 3 is 2.11 bits per heavy atom. The van der Waals surface area contributed by atoms with Crippen molar-refractivity contribution in [3.05, 3.63) is 0 Å². The highest BCUT2D eigenvalue weighted by atomic mass is 16.5. The largest absolute Gasteiger partial charge is 0.378 e. The van der Waals surface area contributed by atoms with Gasteiger partial charge in [-0.25, -0.2) is 0 Å². The van der Waals surface area contributed by atoms with Crippen LogP contribution in [0.5, 0.6) is 0 Å². The number of piperazine rings is 1. The molecule has 3 fully saturated rings. The Hall–Kier alpha value is -0.650. The van der Waals surface area contributed by atoms with E-state index in [-0.39, 0.29) is 0 Å². The number of ether oxygens (including phenoxy) is 1. The second-order valence-corrected chi connectivity index (χ2v) is 8.26. The summed E-state index contributed by atoms with van der Waals surface area (Å²) >= 11 is 0. The van der Waals surface area contributed by atoms with E-state index in [0.717, 1.165) is 58.7 Å². The molecule has 0 aromatic rings. The third-order valence-electron chi connectivity index (χ3n) is 5.95. The maximum Gasteiger partial charge on any atom is 0.225 e. The number of amides is 1. The van der Waals surface area contributed by atoms with Crippen molar-refractivity contribution in [3.63, 3.8) is 0 Å². The summed E-state index contributed by atoms with van der Waals surface area (Å²) in [7, 11) is 0. The first-order valence-electron chi connectivity index (χ1n) is 12.0. The van der Waals surface area contributed by atoms with Gasteiger partial charge in [-0.15, -0.1) is 0 Å². The van der Waals surface area contributed by atoms with E-state index < -0.39 is 0 Å². The normalized spacial score (nSPS) is 21.3. The van der Waals surface area contributed by atoms with Gasteiger partial charge in [-0.2, -0.15) is 0 Å². The van der Waals surface area contributed by atoms with E-state index in [1.807, 2.05) is 13.8 Å². The van der Waals surface area contributed by atoms with Gasteiger partial charge in [0.1, 0.15) is 0 Å². The molecule has 2 saturated heterocycles. The number of nitrogens with one attached hydrogen (secondary N) is 1. The molecule has 166 valence electrons. The van der Waals surface area contributed by atoms with Gasteiger partial charge in [0, 0.05) is 44.7 Å². The molecule has 0 unspecified atom stereocenters. The molecule has 1 amide bonds. The summed E-state index contributed by atoms with van der Waals surface area (Å²) in [5.74, 6) is 0.792. The molecule has 0 atom stereocenters. The fourth-order valence-electron chi connectivity index (χ4n) is 3.73. The SMILES string of the molecule is CC.CC(C)N1CCN(C(=O)C2CCC2)CC1.CCCCOC1CCNCC1. The highest BCUT2D eigenvalue weighted by Gasteiger charge is 2.31. The van der Waals surface area contributed by atoms with Crippen molar-refractivity contribution in [1.29, 1.82) is 0 Å². The molecule has 3 aliphatic rings. The smallest absolute Gasteiger partial charge is 0.225 e. The molecule has 2 heterocycles. The predicted octanol–water partition coefficient (Wildman–Crippen LogP) is 3.92. The Kier molecular flexibility index (Phi) is 13.8. The van der Waals surface area contributed by atoms with E-state index in [1.165, 1.54) is 32.1 Å². The Morgan fingerprint density at radius 1 is 1.04 bits per heavy atom. The van der Waals surface area contributed by atoms with E-state index in [4.69, 9.17) is 4.74 Å². The van der Waals surface area contributed by atoms with Gasteiger partial charge in [-0.3, -0.25) is 9.69 Å². The molecule has 3 rings (SSSR count). The van der Waals surface area contributed by atoms with Crippen molar-refractivity contribution in [3.8, 4) is 0 Å². The summed E-state index contributed by atoms with van der Waals surface area (Å²) in [6.45, 7) is 17.9. The number of hydrogen-bond acceptors (Lipinski definition) is 4. The molecule has 0 radical (unpaired) electrons. The molecule has 5 heteroatoms. The van der Waals surface area contributed by atoms with Crippen LogP contribution in [0.3, 0.4) is 0 Å². The lowest BCUT2D eigenvalue weighted by Gasteiger charge is -2.39. The van der Waals surface area contributed by atoms with Gasteiger partial charge in [0.05, 0.1) is 6.10 Å². The summed E-state index contributed by atoms with van der Waals surface area (Å²) in [6, 6.07) is 0.617. The number of hydrogen-bond donors (Lipinski definition) is 1. The third-order valence-corrected chi connectivity index (χ3v) is 5.95. The second kappa shape index (κ2) is 15.2. The van der Waals surface area contributed by atoms with Crippen molar-refractivity contribution in [2.45, 2.75) is 91.7 Å². The van der Waals surface area contributed by atoms with Crippen LogP contribution in [0.25, 0.3) is 0 Å². The number of carbonyl (C=O) groups is 1. The first kappa shape index (κ1) is 25.4. The van der Waals surface area contributed by atoms with E-state index in [9.17, 15) is 4.79 Å². The molecular formula is C23H47N3O2. The molecule has 0 spiro atoms. The summed E-state index contributed by atoms with van der Waals surface area (Å²) < 4.78 is 5.68. The van der Waals surface area contributed by atoms with Crippen LogP contribution in [0.2, 0.25) is 0 Å². The number of carbonyl (C=O) groups excluding carboxylic acids is 1. The molecule has 5 nitrogen and oxygen atoms in total. The zero-order valence-electron chi connectivity index (χ0n) is 19.3. The van der Waals surface area contributed by atoms with Gasteiger partial charge in [-0.05, 0) is 59.0 Å². The summed E-state index contributed by atoms with van der Waals surface area (Å²) in [5.41, 5.74) is 0. The standard InChI is InChI=1S/C12H22N2O.C9H19NO.C2H6/c1-10(2)13-6-8-14(9-7-13)12(15)11-4-3-5-11;1-2-3-8-11-9-4-6-10-7-5-9;1-2/h10-11H,3-9H2,1-2H3;9-10H,2-8H2,1H3;1-2H3. The van der Waals surface area contributed by atoms with E-state index in [1.54, 1.807) is 0 Å². The van der Waals surface area contributed by atoms with E-state index in [0.29, 0.717) is 24.0 Å². The van der Waals surface area contributed by atoms with Crippen LogP contribution in [-0.4, -0.2) is 73.7 Å². The van der Waals surface area contributed by atoms with Crippen LogP contribution in [0.15, 0.2) is 0 Å². The summed E-state index contributed by atoms with van der Waals surface area (Å²) in [5, 5.41) is 3.33. The topological polar surface area (TPSA) is 44.8 Å². The molecule has 1 N–H and O–H groups in total. The predicted molar refractivity (Wildman–Crippen MR) is 119 cm³/mol. The fraction of sp³-hybridized carbons (Fsp3) is 0.957. The van der Waals surface area contributed by atoms with Crippen molar-refractivity contribution in [2.24, 2.45) is 5.92 Å². The van der Waals surface area contributed by atoms with E-state index in [2.05, 4.69) is 35.9 Å². The Morgan fingerprint density at radius 2 is 1.64 bits per heavy atom. The summed E-state index contributed by atoms with van der Waals surface area (Å²) in [4.78, 5) is 16.5. The fourth-order valence-corrected chi connectivity index (χ4v) is 3.73. The molecule has 1 saturated carbocycles. The van der Waals surface area contributed by atoms with E-state index >= 15 is 0 Å². The average Bonchev–Trinajstić information content (AvgIpc) is 2.70. The summed E-state index contributed by atoms with van der Waals surface area (Å²) in [6.07, 6.45) is 8.90. The average molecular weight is 398 g/mol. The lowest BCUT2D eigenvalue weighted by atomic mass is 9.84. The number of rotatable bonds is 6. The number of nitrogens with zero attached hydrogens (tertiary/aromatic N) is 2. The lowest BCUT2D eigenvalue weighted by molar-refractivity contribution is -0.140. The van der Waals surface area contributed by atoms with Crippen LogP contribution in [0.4, 0.5) is 0 Å². The Labute approximate surface area is 174 Å². The monoisotopic (exact) mass is 397 g/mol. The second-order valence-electron chi connectivity index (χ2n) is 8.26. The molecule has 28 heavy (non-hydrogen) atoms. The highest BCUT2D eigenvalue weighted by molar-refractivity contribution is 5.79. The van der Waals surface area contributed by atoms with Gasteiger partial charge >= 0.3 is 0 Å². The van der Waals surface area contributed by atoms with Crippen LogP contribution < -0.4 is 5.32 Å². The third kappa shape index (κ3) is 9.23. The van der Waals surface area contributed by atoms with Gasteiger partial charge in [-0.1, -0.05) is 33.6 Å². The zero-order valence-corrected chi connectivity index (χ0v) is 19.3. The van der Waals surface area contributed by atoms with Crippen LogP contribution in [-0.2, 0) is 9.53 Å². The van der Waals surface area contributed by atoms with Gasteiger partial charge in [0.15, 0.2) is 0 Å². The minimum absolute atomic E-state index is 0.371. The Balaban J connectivity index is 0.000000268. The van der Waals surface area contributed by atoms with Crippen LogP contribution in [0.1, 0.15) is 79.6 Å². The minimum atomic E-state index is 0.371. The molecule has 0 aromatic carbocycles. The van der Waals surface area contributed by atoms with Gasteiger partial charge in [0.2, 0.25) is 5.91 Å². The molecular weight excluding hydrogens is 350 g/mol. The first-order valence-corrected chi connectivity index (χ1v) is 12.0. The first-order chi connectivity index (χ1) is 13.6. The molecule has 0 aromatic heterocycles. The van der Waals surface area contributed by atoms with Crippen LogP contribution in [0, 0.1) is 5.92 Å². The number of piperidine rings is 1.